The summed E-state index contributed by atoms with van der Waals surface area (Å²) in [6.07, 6.45) is 8.49. The number of rotatable bonds is 7. The average Bonchev–Trinajstić information content (AvgIpc) is 2.49. The van der Waals surface area contributed by atoms with Crippen molar-refractivity contribution in [3.05, 3.63) is 0 Å². The topological polar surface area (TPSA) is 18.5 Å². The lowest BCUT2D eigenvalue weighted by Gasteiger charge is -2.44. The summed E-state index contributed by atoms with van der Waals surface area (Å²) < 4.78 is 0. The van der Waals surface area contributed by atoms with Gasteiger partial charge in [0.25, 0.3) is 0 Å². The highest BCUT2D eigenvalue weighted by atomic mass is 15.3. The van der Waals surface area contributed by atoms with Crippen LogP contribution in [0, 0.1) is 5.41 Å². The lowest BCUT2D eigenvalue weighted by Crippen LogP contribution is -2.52. The molecule has 1 aliphatic carbocycles. The van der Waals surface area contributed by atoms with E-state index in [-0.39, 0.29) is 0 Å². The summed E-state index contributed by atoms with van der Waals surface area (Å²) in [6, 6.07) is 0.616. The van der Waals surface area contributed by atoms with Gasteiger partial charge < -0.3 is 15.1 Å². The molecule has 0 aromatic carbocycles. The molecule has 0 amide bonds. The summed E-state index contributed by atoms with van der Waals surface area (Å²) in [5.74, 6) is 0. The minimum Gasteiger partial charge on any atom is -0.314 e. The van der Waals surface area contributed by atoms with Crippen molar-refractivity contribution in [2.45, 2.75) is 65.3 Å². The molecule has 0 bridgehead atoms. The van der Waals surface area contributed by atoms with Gasteiger partial charge in [0.15, 0.2) is 0 Å². The van der Waals surface area contributed by atoms with Crippen molar-refractivity contribution in [2.75, 3.05) is 45.8 Å². The van der Waals surface area contributed by atoms with Crippen LogP contribution in [0.3, 0.4) is 0 Å². The first-order valence-electron chi connectivity index (χ1n) is 9.32. The second kappa shape index (κ2) is 8.50. The molecule has 2 rings (SSSR count). The largest absolute Gasteiger partial charge is 0.314 e. The van der Waals surface area contributed by atoms with Gasteiger partial charge in [0, 0.05) is 45.3 Å². The van der Waals surface area contributed by atoms with Crippen LogP contribution in [0.15, 0.2) is 0 Å². The molecule has 3 nitrogen and oxygen atoms in total. The predicted octanol–water partition coefficient (Wildman–Crippen LogP) is 2.96. The first-order chi connectivity index (χ1) is 10.1. The van der Waals surface area contributed by atoms with Gasteiger partial charge in [0.05, 0.1) is 0 Å². The Hall–Kier alpha value is -0.120. The monoisotopic (exact) mass is 295 g/mol. The molecule has 3 heteroatoms. The highest BCUT2D eigenvalue weighted by Crippen LogP contribution is 2.37. The van der Waals surface area contributed by atoms with Crippen LogP contribution >= 0.6 is 0 Å². The van der Waals surface area contributed by atoms with Crippen LogP contribution < -0.4 is 5.32 Å². The number of nitrogens with zero attached hydrogens (tertiary/aromatic N) is 2. The number of piperazine rings is 1. The predicted molar refractivity (Wildman–Crippen MR) is 91.8 cm³/mol. The fourth-order valence-electron chi connectivity index (χ4n) is 4.07. The van der Waals surface area contributed by atoms with Crippen LogP contribution in [0.25, 0.3) is 0 Å². The van der Waals surface area contributed by atoms with Crippen LogP contribution in [-0.2, 0) is 0 Å². The van der Waals surface area contributed by atoms with Crippen LogP contribution in [0.5, 0.6) is 0 Å². The van der Waals surface area contributed by atoms with Gasteiger partial charge in [-0.15, -0.1) is 0 Å². The second-order valence-electron chi connectivity index (χ2n) is 7.71. The van der Waals surface area contributed by atoms with E-state index in [1.807, 2.05) is 0 Å². The van der Waals surface area contributed by atoms with Gasteiger partial charge >= 0.3 is 0 Å². The normalized spacial score (nSPS) is 24.6. The maximum atomic E-state index is 3.74. The van der Waals surface area contributed by atoms with E-state index in [9.17, 15) is 0 Å². The Morgan fingerprint density at radius 2 is 1.57 bits per heavy atom. The zero-order chi connectivity index (χ0) is 15.1. The Kier molecular flexibility index (Phi) is 6.97. The SMILES string of the molecule is CCCN1CCN(CC2(CNC(C)C)CCCCC2)CC1. The summed E-state index contributed by atoms with van der Waals surface area (Å²) in [7, 11) is 0. The number of hydrogen-bond acceptors (Lipinski definition) is 3. The molecule has 1 heterocycles. The van der Waals surface area contributed by atoms with Gasteiger partial charge in [0.2, 0.25) is 0 Å². The molecule has 2 aliphatic rings. The van der Waals surface area contributed by atoms with Crippen molar-refractivity contribution < 1.29 is 0 Å². The van der Waals surface area contributed by atoms with Gasteiger partial charge in [-0.05, 0) is 31.2 Å². The molecule has 0 spiro atoms. The van der Waals surface area contributed by atoms with Gasteiger partial charge in [0.1, 0.15) is 0 Å². The Labute approximate surface area is 132 Å². The van der Waals surface area contributed by atoms with Crippen LogP contribution in [0.2, 0.25) is 0 Å². The molecule has 0 atom stereocenters. The maximum absolute atomic E-state index is 3.74. The first-order valence-corrected chi connectivity index (χ1v) is 9.32. The van der Waals surface area contributed by atoms with E-state index >= 15 is 0 Å². The van der Waals surface area contributed by atoms with E-state index in [2.05, 4.69) is 35.9 Å². The Bertz CT molecular complexity index is 276. The molecule has 0 aromatic rings. The fraction of sp³-hybridized carbons (Fsp3) is 1.00. The molecule has 124 valence electrons. The fourth-order valence-corrected chi connectivity index (χ4v) is 4.07. The third-order valence-corrected chi connectivity index (χ3v) is 5.36. The minimum atomic E-state index is 0.551. The van der Waals surface area contributed by atoms with Crippen LogP contribution in [-0.4, -0.2) is 61.7 Å². The van der Waals surface area contributed by atoms with Crippen molar-refractivity contribution in [1.29, 1.82) is 0 Å². The van der Waals surface area contributed by atoms with Crippen molar-refractivity contribution in [3.8, 4) is 0 Å². The molecule has 2 fully saturated rings. The summed E-state index contributed by atoms with van der Waals surface area (Å²) >= 11 is 0. The molecule has 1 saturated carbocycles. The third kappa shape index (κ3) is 5.54. The lowest BCUT2D eigenvalue weighted by molar-refractivity contribution is 0.0609. The standard InChI is InChI=1S/C18H37N3/c1-4-10-20-11-13-21(14-12-20)16-18(15-19-17(2)3)8-6-5-7-9-18/h17,19H,4-16H2,1-3H3. The smallest absolute Gasteiger partial charge is 0.0110 e. The van der Waals surface area contributed by atoms with E-state index in [0.717, 1.165) is 0 Å². The van der Waals surface area contributed by atoms with E-state index < -0.39 is 0 Å². The van der Waals surface area contributed by atoms with Crippen molar-refractivity contribution in [3.63, 3.8) is 0 Å². The molecular weight excluding hydrogens is 258 g/mol. The molecule has 0 aromatic heterocycles. The quantitative estimate of drug-likeness (QED) is 0.779. The summed E-state index contributed by atoms with van der Waals surface area (Å²) in [6.45, 7) is 15.8. The van der Waals surface area contributed by atoms with E-state index in [0.29, 0.717) is 11.5 Å². The van der Waals surface area contributed by atoms with Crippen LogP contribution in [0.1, 0.15) is 59.3 Å². The minimum absolute atomic E-state index is 0.551. The van der Waals surface area contributed by atoms with Gasteiger partial charge in [-0.25, -0.2) is 0 Å². The highest BCUT2D eigenvalue weighted by Gasteiger charge is 2.34. The number of nitrogens with one attached hydrogen (secondary N) is 1. The van der Waals surface area contributed by atoms with E-state index in [1.54, 1.807) is 0 Å². The van der Waals surface area contributed by atoms with Gasteiger partial charge in [-0.2, -0.15) is 0 Å². The molecule has 0 radical (unpaired) electrons. The zero-order valence-corrected chi connectivity index (χ0v) is 14.7. The molecule has 21 heavy (non-hydrogen) atoms. The van der Waals surface area contributed by atoms with Gasteiger partial charge in [-0.1, -0.05) is 40.0 Å². The summed E-state index contributed by atoms with van der Waals surface area (Å²) in [5.41, 5.74) is 0.551. The summed E-state index contributed by atoms with van der Waals surface area (Å²) in [5, 5.41) is 3.74. The number of hydrogen-bond donors (Lipinski definition) is 1. The lowest BCUT2D eigenvalue weighted by atomic mass is 9.73. The second-order valence-corrected chi connectivity index (χ2v) is 7.71. The zero-order valence-electron chi connectivity index (χ0n) is 14.7. The Morgan fingerprint density at radius 1 is 0.952 bits per heavy atom. The third-order valence-electron chi connectivity index (χ3n) is 5.36. The van der Waals surface area contributed by atoms with E-state index in [4.69, 9.17) is 0 Å². The average molecular weight is 296 g/mol. The van der Waals surface area contributed by atoms with Gasteiger partial charge in [-0.3, -0.25) is 0 Å². The van der Waals surface area contributed by atoms with Crippen LogP contribution in [0.4, 0.5) is 0 Å². The Morgan fingerprint density at radius 3 is 2.14 bits per heavy atom. The van der Waals surface area contributed by atoms with E-state index in [1.165, 1.54) is 84.3 Å². The van der Waals surface area contributed by atoms with Crippen molar-refractivity contribution >= 4 is 0 Å². The first kappa shape index (κ1) is 17.2. The molecule has 1 saturated heterocycles. The molecule has 0 unspecified atom stereocenters. The molecule has 1 aliphatic heterocycles. The molecule has 1 N–H and O–H groups in total. The van der Waals surface area contributed by atoms with Crippen molar-refractivity contribution in [1.82, 2.24) is 15.1 Å². The molecular formula is C18H37N3. The summed E-state index contributed by atoms with van der Waals surface area (Å²) in [4.78, 5) is 5.38. The maximum Gasteiger partial charge on any atom is 0.0110 e. The van der Waals surface area contributed by atoms with Crippen molar-refractivity contribution in [2.24, 2.45) is 5.41 Å². The Balaban J connectivity index is 1.84. The highest BCUT2D eigenvalue weighted by molar-refractivity contribution is 4.89.